The van der Waals surface area contributed by atoms with Crippen molar-refractivity contribution in [2.24, 2.45) is 0 Å². The minimum atomic E-state index is -0.414. The van der Waals surface area contributed by atoms with Crippen molar-refractivity contribution >= 4 is 63.3 Å². The van der Waals surface area contributed by atoms with Gasteiger partial charge in [-0.3, -0.25) is 9.59 Å². The van der Waals surface area contributed by atoms with Crippen molar-refractivity contribution in [3.63, 3.8) is 0 Å². The molecule has 1 N–H and O–H groups in total. The molecule has 1 aromatic heterocycles. The Morgan fingerprint density at radius 3 is 2.45 bits per heavy atom. The molecule has 0 aliphatic carbocycles. The van der Waals surface area contributed by atoms with Crippen molar-refractivity contribution < 1.29 is 9.59 Å². The summed E-state index contributed by atoms with van der Waals surface area (Å²) in [4.78, 5) is 28.7. The molecule has 0 saturated carbocycles. The number of imide groups is 1. The molecule has 4 rings (SSSR count). The van der Waals surface area contributed by atoms with Crippen LogP contribution in [0.15, 0.2) is 59.6 Å². The van der Waals surface area contributed by atoms with Gasteiger partial charge in [0.05, 0.1) is 11.3 Å². The molecule has 1 aliphatic rings. The number of aryl methyl sites for hydroxylation is 1. The maximum absolute atomic E-state index is 13.4. The topological polar surface area (TPSA) is 49.4 Å². The molecule has 0 radical (unpaired) electrons. The summed E-state index contributed by atoms with van der Waals surface area (Å²) in [5.41, 5.74) is 3.31. The lowest BCUT2D eigenvalue weighted by Gasteiger charge is -2.18. The lowest BCUT2D eigenvalue weighted by Crippen LogP contribution is -2.33. The number of amides is 2. The highest BCUT2D eigenvalue weighted by atomic mass is 35.5. The number of carbonyl (C=O) groups excluding carboxylic acids is 2. The van der Waals surface area contributed by atoms with Crippen molar-refractivity contribution in [2.45, 2.75) is 13.8 Å². The number of halogens is 2. The van der Waals surface area contributed by atoms with Gasteiger partial charge in [0.25, 0.3) is 11.8 Å². The fraction of sp³-hybridized carbons (Fsp3) is 0.0909. The maximum Gasteiger partial charge on any atom is 0.282 e. The van der Waals surface area contributed by atoms with E-state index in [9.17, 15) is 9.59 Å². The Morgan fingerprint density at radius 1 is 0.966 bits per heavy atom. The molecule has 146 valence electrons. The number of nitrogens with one attached hydrogen (secondary N) is 1. The minimum Gasteiger partial charge on any atom is -0.350 e. The highest BCUT2D eigenvalue weighted by Gasteiger charge is 2.41. The van der Waals surface area contributed by atoms with Crippen LogP contribution in [0.2, 0.25) is 10.0 Å². The first kappa shape index (κ1) is 19.7. The largest absolute Gasteiger partial charge is 0.350 e. The number of anilines is 2. The second kappa shape index (κ2) is 7.67. The zero-order valence-corrected chi connectivity index (χ0v) is 18.0. The van der Waals surface area contributed by atoms with Gasteiger partial charge >= 0.3 is 0 Å². The third kappa shape index (κ3) is 3.46. The molecule has 29 heavy (non-hydrogen) atoms. The molecule has 0 unspecified atom stereocenters. The smallest absolute Gasteiger partial charge is 0.282 e. The summed E-state index contributed by atoms with van der Waals surface area (Å²) >= 11 is 13.7. The fourth-order valence-electron chi connectivity index (χ4n) is 3.26. The summed E-state index contributed by atoms with van der Waals surface area (Å²) in [6, 6.07) is 14.2. The first-order chi connectivity index (χ1) is 13.9. The zero-order chi connectivity index (χ0) is 20.7. The van der Waals surface area contributed by atoms with Crippen LogP contribution in [0.25, 0.3) is 5.57 Å². The summed E-state index contributed by atoms with van der Waals surface area (Å²) in [7, 11) is 0. The Labute approximate surface area is 182 Å². The van der Waals surface area contributed by atoms with Crippen molar-refractivity contribution in [2.75, 3.05) is 10.2 Å². The SMILES string of the molecule is Cc1cc(Cl)ccc1N1C(=O)C(Nc2cccc(Cl)c2C)=C(c2cccs2)C1=O. The molecule has 0 fully saturated rings. The third-order valence-electron chi connectivity index (χ3n) is 4.78. The molecule has 0 saturated heterocycles. The number of nitrogens with zero attached hydrogens (tertiary/aromatic N) is 1. The Kier molecular flexibility index (Phi) is 5.21. The van der Waals surface area contributed by atoms with Crippen LogP contribution in [0.5, 0.6) is 0 Å². The number of hydrogen-bond donors (Lipinski definition) is 1. The summed E-state index contributed by atoms with van der Waals surface area (Å²) in [5, 5.41) is 6.16. The van der Waals surface area contributed by atoms with Crippen LogP contribution in [-0.2, 0) is 9.59 Å². The van der Waals surface area contributed by atoms with Gasteiger partial charge in [0.1, 0.15) is 5.70 Å². The van der Waals surface area contributed by atoms with Gasteiger partial charge in [-0.15, -0.1) is 11.3 Å². The van der Waals surface area contributed by atoms with E-state index in [1.54, 1.807) is 30.3 Å². The van der Waals surface area contributed by atoms with Crippen LogP contribution in [0, 0.1) is 13.8 Å². The molecular weight excluding hydrogens is 427 g/mol. The van der Waals surface area contributed by atoms with Crippen molar-refractivity contribution in [1.29, 1.82) is 0 Å². The summed E-state index contributed by atoms with van der Waals surface area (Å²) in [5.74, 6) is -0.784. The van der Waals surface area contributed by atoms with Crippen LogP contribution in [-0.4, -0.2) is 11.8 Å². The van der Waals surface area contributed by atoms with E-state index in [-0.39, 0.29) is 11.6 Å². The van der Waals surface area contributed by atoms with Crippen LogP contribution in [0.4, 0.5) is 11.4 Å². The first-order valence-corrected chi connectivity index (χ1v) is 10.5. The molecule has 0 bridgehead atoms. The Balaban J connectivity index is 1.84. The molecule has 2 amide bonds. The number of thiophene rings is 1. The van der Waals surface area contributed by atoms with Gasteiger partial charge in [-0.2, -0.15) is 0 Å². The first-order valence-electron chi connectivity index (χ1n) is 8.83. The standard InChI is InChI=1S/C22H16Cl2N2O2S/c1-12-11-14(23)8-9-17(12)26-21(27)19(18-7-4-10-29-18)20(22(26)28)25-16-6-3-5-15(24)13(16)2/h3-11,25H,1-2H3. The maximum atomic E-state index is 13.4. The van der Waals surface area contributed by atoms with Gasteiger partial charge in [0.2, 0.25) is 0 Å². The molecule has 2 heterocycles. The Hall–Kier alpha value is -2.60. The van der Waals surface area contributed by atoms with Crippen molar-refractivity contribution in [3.05, 3.63) is 85.7 Å². The molecular formula is C22H16Cl2N2O2S. The second-order valence-electron chi connectivity index (χ2n) is 6.64. The van der Waals surface area contributed by atoms with Gasteiger partial charge in [-0.1, -0.05) is 35.3 Å². The number of rotatable bonds is 4. The summed E-state index contributed by atoms with van der Waals surface area (Å²) in [6.45, 7) is 3.68. The highest BCUT2D eigenvalue weighted by Crippen LogP contribution is 2.37. The van der Waals surface area contributed by atoms with E-state index in [2.05, 4.69) is 5.32 Å². The van der Waals surface area contributed by atoms with Crippen LogP contribution >= 0.6 is 34.5 Å². The Morgan fingerprint density at radius 2 is 1.76 bits per heavy atom. The predicted molar refractivity (Wildman–Crippen MR) is 120 cm³/mol. The lowest BCUT2D eigenvalue weighted by molar-refractivity contribution is -0.120. The molecule has 7 heteroatoms. The highest BCUT2D eigenvalue weighted by molar-refractivity contribution is 7.11. The molecule has 2 aromatic carbocycles. The molecule has 0 atom stereocenters. The predicted octanol–water partition coefficient (Wildman–Crippen LogP) is 6.07. The van der Waals surface area contributed by atoms with Gasteiger partial charge in [-0.05, 0) is 66.8 Å². The molecule has 3 aromatic rings. The quantitative estimate of drug-likeness (QED) is 0.498. The second-order valence-corrected chi connectivity index (χ2v) is 8.43. The van der Waals surface area contributed by atoms with Crippen molar-refractivity contribution in [3.8, 4) is 0 Å². The average Bonchev–Trinajstić information content (AvgIpc) is 3.27. The molecule has 1 aliphatic heterocycles. The van der Waals surface area contributed by atoms with Gasteiger partial charge in [-0.25, -0.2) is 4.90 Å². The summed E-state index contributed by atoms with van der Waals surface area (Å²) in [6.07, 6.45) is 0. The van der Waals surface area contributed by atoms with E-state index in [1.165, 1.54) is 16.2 Å². The molecule has 0 spiro atoms. The molecule has 4 nitrogen and oxygen atoms in total. The van der Waals surface area contributed by atoms with Gasteiger partial charge in [0, 0.05) is 20.6 Å². The number of carbonyl (C=O) groups is 2. The van der Waals surface area contributed by atoms with E-state index in [1.807, 2.05) is 37.4 Å². The number of benzene rings is 2. The van der Waals surface area contributed by atoms with Crippen molar-refractivity contribution in [1.82, 2.24) is 0 Å². The van der Waals surface area contributed by atoms with Crippen LogP contribution in [0.3, 0.4) is 0 Å². The van der Waals surface area contributed by atoms with Gasteiger partial charge < -0.3 is 5.32 Å². The Bertz CT molecular complexity index is 1170. The normalized spacial score (nSPS) is 14.1. The third-order valence-corrected chi connectivity index (χ3v) is 6.31. The van der Waals surface area contributed by atoms with E-state index < -0.39 is 5.91 Å². The van der Waals surface area contributed by atoms with E-state index in [0.717, 1.165) is 16.0 Å². The van der Waals surface area contributed by atoms with Crippen LogP contribution in [0.1, 0.15) is 16.0 Å². The van der Waals surface area contributed by atoms with Crippen LogP contribution < -0.4 is 10.2 Å². The fourth-order valence-corrected chi connectivity index (χ4v) is 4.43. The average molecular weight is 443 g/mol. The van der Waals surface area contributed by atoms with E-state index in [0.29, 0.717) is 27.0 Å². The summed E-state index contributed by atoms with van der Waals surface area (Å²) < 4.78 is 0. The monoisotopic (exact) mass is 442 g/mol. The zero-order valence-electron chi connectivity index (χ0n) is 15.6. The number of hydrogen-bond acceptors (Lipinski definition) is 4. The van der Waals surface area contributed by atoms with Gasteiger partial charge in [0.15, 0.2) is 0 Å². The van der Waals surface area contributed by atoms with E-state index >= 15 is 0 Å². The minimum absolute atomic E-state index is 0.233. The lowest BCUT2D eigenvalue weighted by atomic mass is 10.1. The van der Waals surface area contributed by atoms with E-state index in [4.69, 9.17) is 23.2 Å².